The first-order valence-electron chi connectivity index (χ1n) is 5.37. The van der Waals surface area contributed by atoms with Gasteiger partial charge in [-0.2, -0.15) is 0 Å². The van der Waals surface area contributed by atoms with Crippen LogP contribution in [0.25, 0.3) is 0 Å². The third kappa shape index (κ3) is 2.03. The predicted octanol–water partition coefficient (Wildman–Crippen LogP) is -2.85. The van der Waals surface area contributed by atoms with E-state index in [-0.39, 0.29) is 0 Å². The molecule has 2 heterocycles. The molecule has 8 nitrogen and oxygen atoms in total. The number of aliphatic hydroxyl groups excluding tert-OH is 3. The number of aromatic amines is 1. The van der Waals surface area contributed by atoms with Gasteiger partial charge in [0.1, 0.15) is 18.3 Å². The lowest BCUT2D eigenvalue weighted by atomic mass is 10.1. The lowest BCUT2D eigenvalue weighted by Gasteiger charge is -2.16. The van der Waals surface area contributed by atoms with E-state index in [1.807, 2.05) is 4.98 Å². The van der Waals surface area contributed by atoms with Crippen LogP contribution < -0.4 is 11.2 Å². The summed E-state index contributed by atoms with van der Waals surface area (Å²) in [5, 5.41) is 28.2. The van der Waals surface area contributed by atoms with Crippen molar-refractivity contribution >= 4 is 0 Å². The molecule has 4 N–H and O–H groups in total. The van der Waals surface area contributed by atoms with E-state index in [1.165, 1.54) is 0 Å². The van der Waals surface area contributed by atoms with Crippen molar-refractivity contribution in [3.05, 3.63) is 33.1 Å². The van der Waals surface area contributed by atoms with Gasteiger partial charge in [0.25, 0.3) is 5.56 Å². The van der Waals surface area contributed by atoms with Gasteiger partial charge in [0.15, 0.2) is 6.20 Å². The third-order valence-electron chi connectivity index (χ3n) is 2.47. The van der Waals surface area contributed by atoms with Crippen LogP contribution in [0.5, 0.6) is 0 Å². The Bertz CT molecular complexity index is 556. The van der Waals surface area contributed by atoms with Crippen LogP contribution in [0.2, 0.25) is 0 Å². The molecule has 0 amide bonds. The molecule has 1 saturated heterocycles. The highest BCUT2D eigenvalue weighted by Gasteiger charge is 2.43. The minimum atomic E-state index is -2.30. The molecule has 1 aliphatic heterocycles. The lowest BCUT2D eigenvalue weighted by molar-refractivity contribution is -0.0550. The van der Waals surface area contributed by atoms with Gasteiger partial charge < -0.3 is 20.1 Å². The van der Waals surface area contributed by atoms with Crippen LogP contribution in [-0.4, -0.2) is 49.8 Å². The minimum absolute atomic E-state index is 0.614. The molecule has 0 aromatic carbocycles. The quantitative estimate of drug-likeness (QED) is 0.444. The average Bonchev–Trinajstić information content (AvgIpc) is 2.54. The molecular weight excluding hydrogens is 232 g/mol. The maximum atomic E-state index is 11.5. The minimum Gasteiger partial charge on any atom is -0.394 e. The highest BCUT2D eigenvalue weighted by atomic mass is 16.6. The molecule has 0 spiro atoms. The van der Waals surface area contributed by atoms with Gasteiger partial charge in [0.2, 0.25) is 0 Å². The average molecular weight is 245 g/mol. The summed E-state index contributed by atoms with van der Waals surface area (Å²) in [6.07, 6.45) is -5.75. The maximum Gasteiger partial charge on any atom is 0.330 e. The van der Waals surface area contributed by atoms with E-state index < -0.39 is 42.4 Å². The summed E-state index contributed by atoms with van der Waals surface area (Å²) < 4.78 is 13.5. The Morgan fingerprint density at radius 1 is 1.47 bits per heavy atom. The van der Waals surface area contributed by atoms with Gasteiger partial charge in [-0.3, -0.25) is 14.3 Å². The molecule has 0 radical (unpaired) electrons. The fourth-order valence-electron chi connectivity index (χ4n) is 1.58. The standard InChI is InChI=1S/C9H12N2O6/c12-3-4-6(14)7(15)8(17-4)11-2-1-5(13)10-9(11)16/h1-2,4,6-8,12,14-15H,3H2,(H,10,13,16)/t4-,6-,7-,8-/m1/s1/i8D. The molecule has 0 unspecified atom stereocenters. The Labute approximate surface area is 96.1 Å². The Kier molecular flexibility index (Phi) is 2.77. The molecule has 1 aliphatic rings. The number of hydrogen-bond acceptors (Lipinski definition) is 6. The Morgan fingerprint density at radius 2 is 2.18 bits per heavy atom. The summed E-state index contributed by atoms with van der Waals surface area (Å²) in [5.41, 5.74) is -1.62. The molecule has 8 heteroatoms. The normalized spacial score (nSPS) is 38.1. The first kappa shape index (κ1) is 10.7. The summed E-state index contributed by atoms with van der Waals surface area (Å²) in [7, 11) is 0. The van der Waals surface area contributed by atoms with E-state index in [1.54, 1.807) is 0 Å². The summed E-state index contributed by atoms with van der Waals surface area (Å²) in [4.78, 5) is 24.3. The second-order valence-electron chi connectivity index (χ2n) is 3.59. The molecule has 0 bridgehead atoms. The fourth-order valence-corrected chi connectivity index (χ4v) is 1.58. The number of H-pyrrole nitrogens is 1. The zero-order chi connectivity index (χ0) is 13.5. The number of ether oxygens (including phenoxy) is 1. The number of nitrogens with one attached hydrogen (secondary N) is 1. The van der Waals surface area contributed by atoms with Gasteiger partial charge in [-0.1, -0.05) is 0 Å². The van der Waals surface area contributed by atoms with Gasteiger partial charge in [0, 0.05) is 12.3 Å². The molecular formula is C9H12N2O6. The van der Waals surface area contributed by atoms with Crippen molar-refractivity contribution in [3.63, 3.8) is 0 Å². The number of aromatic nitrogens is 2. The molecule has 94 valence electrons. The van der Waals surface area contributed by atoms with Crippen LogP contribution in [0.1, 0.15) is 7.57 Å². The molecule has 1 fully saturated rings. The molecule has 0 saturated carbocycles. The highest BCUT2D eigenvalue weighted by Crippen LogP contribution is 2.27. The zero-order valence-electron chi connectivity index (χ0n) is 9.61. The number of hydrogen-bond donors (Lipinski definition) is 4. The highest BCUT2D eigenvalue weighted by molar-refractivity contribution is 4.92. The first-order valence-corrected chi connectivity index (χ1v) is 4.87. The molecule has 2 rings (SSSR count). The van der Waals surface area contributed by atoms with Gasteiger partial charge >= 0.3 is 5.69 Å². The first-order chi connectivity index (χ1) is 8.40. The van der Waals surface area contributed by atoms with Gasteiger partial charge in [-0.15, -0.1) is 0 Å². The molecule has 1 aromatic heterocycles. The van der Waals surface area contributed by atoms with E-state index in [4.69, 9.17) is 11.2 Å². The fraction of sp³-hybridized carbons (Fsp3) is 0.556. The summed E-state index contributed by atoms with van der Waals surface area (Å²) >= 11 is 0. The van der Waals surface area contributed by atoms with Crippen molar-refractivity contribution in [1.29, 1.82) is 0 Å². The van der Waals surface area contributed by atoms with E-state index in [0.717, 1.165) is 12.3 Å². The van der Waals surface area contributed by atoms with Crippen molar-refractivity contribution in [1.82, 2.24) is 9.55 Å². The second kappa shape index (κ2) is 4.41. The van der Waals surface area contributed by atoms with Gasteiger partial charge in [0.05, 0.1) is 7.98 Å². The van der Waals surface area contributed by atoms with Crippen LogP contribution in [0.3, 0.4) is 0 Å². The Balaban J connectivity index is 2.49. The smallest absolute Gasteiger partial charge is 0.330 e. The second-order valence-corrected chi connectivity index (χ2v) is 3.59. The van der Waals surface area contributed by atoms with Crippen LogP contribution in [-0.2, 0) is 4.74 Å². The van der Waals surface area contributed by atoms with Crippen molar-refractivity contribution in [2.24, 2.45) is 0 Å². The zero-order valence-corrected chi connectivity index (χ0v) is 8.61. The van der Waals surface area contributed by atoms with Crippen LogP contribution in [0.15, 0.2) is 21.9 Å². The van der Waals surface area contributed by atoms with E-state index in [9.17, 15) is 19.8 Å². The Morgan fingerprint density at radius 3 is 2.71 bits per heavy atom. The monoisotopic (exact) mass is 245 g/mol. The topological polar surface area (TPSA) is 125 Å². The third-order valence-corrected chi connectivity index (χ3v) is 2.47. The summed E-state index contributed by atoms with van der Waals surface area (Å²) in [6.45, 7) is -0.614. The molecule has 0 aliphatic carbocycles. The number of aliphatic hydroxyl groups is 3. The van der Waals surface area contributed by atoms with E-state index in [2.05, 4.69) is 0 Å². The molecule has 17 heavy (non-hydrogen) atoms. The van der Waals surface area contributed by atoms with Crippen molar-refractivity contribution < 1.29 is 21.4 Å². The van der Waals surface area contributed by atoms with Crippen molar-refractivity contribution in [2.75, 3.05) is 6.61 Å². The largest absolute Gasteiger partial charge is 0.394 e. The SMILES string of the molecule is [2H][C@@]1(n2ccc(=O)[nH]c2=O)O[C@H](CO)[C@@H](O)[C@H]1O. The van der Waals surface area contributed by atoms with Gasteiger partial charge in [-0.05, 0) is 0 Å². The number of rotatable bonds is 2. The van der Waals surface area contributed by atoms with Gasteiger partial charge in [-0.25, -0.2) is 4.79 Å². The van der Waals surface area contributed by atoms with Crippen LogP contribution >= 0.6 is 0 Å². The maximum absolute atomic E-state index is 11.5. The lowest BCUT2D eigenvalue weighted by Crippen LogP contribution is -2.37. The summed E-state index contributed by atoms with van der Waals surface area (Å²) in [6, 6.07) is 0.979. The Hall–Kier alpha value is -1.48. The van der Waals surface area contributed by atoms with Crippen molar-refractivity contribution in [3.8, 4) is 0 Å². The molecule has 1 aromatic rings. The van der Waals surface area contributed by atoms with Crippen LogP contribution in [0.4, 0.5) is 0 Å². The van der Waals surface area contributed by atoms with E-state index in [0.29, 0.717) is 4.57 Å². The van der Waals surface area contributed by atoms with Crippen molar-refractivity contribution in [2.45, 2.75) is 24.5 Å². The predicted molar refractivity (Wildman–Crippen MR) is 54.3 cm³/mol. The molecule has 4 atom stereocenters. The summed E-state index contributed by atoms with van der Waals surface area (Å²) in [5.74, 6) is 0. The van der Waals surface area contributed by atoms with E-state index >= 15 is 0 Å². The number of nitrogens with zero attached hydrogens (tertiary/aromatic N) is 1. The van der Waals surface area contributed by atoms with Crippen LogP contribution in [0, 0.1) is 0 Å².